The van der Waals surface area contributed by atoms with Gasteiger partial charge in [0.25, 0.3) is 0 Å². The summed E-state index contributed by atoms with van der Waals surface area (Å²) in [6, 6.07) is 30.6. The number of rotatable bonds is 8. The normalized spacial score (nSPS) is 21.0. The van der Waals surface area contributed by atoms with E-state index in [1.54, 1.807) is 0 Å². The lowest BCUT2D eigenvalue weighted by Crippen LogP contribution is -2.44. The zero-order valence-electron chi connectivity index (χ0n) is 24.1. The number of hydrogen-bond acceptors (Lipinski definition) is 4. The molecule has 3 aromatic rings. The quantitative estimate of drug-likeness (QED) is 0.291. The van der Waals surface area contributed by atoms with Crippen LogP contribution >= 0.6 is 0 Å². The highest BCUT2D eigenvalue weighted by Gasteiger charge is 2.33. The molecule has 5 heteroatoms. The number of carbonyl (C=O) groups excluding carboxylic acids is 2. The zero-order valence-corrected chi connectivity index (χ0v) is 24.1. The molecule has 0 bridgehead atoms. The van der Waals surface area contributed by atoms with E-state index in [-0.39, 0.29) is 36.5 Å². The summed E-state index contributed by atoms with van der Waals surface area (Å²) in [6.45, 7) is 5.51. The molecule has 2 heterocycles. The fourth-order valence-electron chi connectivity index (χ4n) is 6.16. The van der Waals surface area contributed by atoms with Gasteiger partial charge in [-0.2, -0.15) is 0 Å². The maximum atomic E-state index is 13.5. The van der Waals surface area contributed by atoms with E-state index < -0.39 is 0 Å². The van der Waals surface area contributed by atoms with Crippen molar-refractivity contribution in [3.05, 3.63) is 120 Å². The summed E-state index contributed by atoms with van der Waals surface area (Å²) in [5, 5.41) is 0. The predicted octanol–water partition coefficient (Wildman–Crippen LogP) is 7.60. The molecule has 3 atom stereocenters. The first-order valence-electron chi connectivity index (χ1n) is 14.8. The van der Waals surface area contributed by atoms with Gasteiger partial charge in [0.2, 0.25) is 0 Å². The first-order chi connectivity index (χ1) is 20.0. The van der Waals surface area contributed by atoms with E-state index in [1.165, 1.54) is 11.1 Å². The van der Waals surface area contributed by atoms with Gasteiger partial charge < -0.3 is 14.5 Å². The largest absolute Gasteiger partial charge is 0.445 e. The van der Waals surface area contributed by atoms with Crippen LogP contribution in [-0.4, -0.2) is 46.8 Å². The fraction of sp³-hybridized carbons (Fsp3) is 0.333. The molecule has 41 heavy (non-hydrogen) atoms. The standard InChI is InChI=1S/C36H40N2O3/c1-27-18-19-30(22-28(2)38(27)36(40)41-26-29-12-6-3-7-13-29)23-34(39)25-37-21-20-33(31-14-8-4-9-15-31)24-35(37)32-16-10-5-11-17-32/h3-17,20,24,27-28,30H,18-19,21-23,25-26H2,1-2H3. The molecule has 1 saturated heterocycles. The summed E-state index contributed by atoms with van der Waals surface area (Å²) < 4.78 is 5.68. The Morgan fingerprint density at radius 1 is 0.805 bits per heavy atom. The highest BCUT2D eigenvalue weighted by Crippen LogP contribution is 2.32. The number of hydrogen-bond donors (Lipinski definition) is 0. The third-order valence-corrected chi connectivity index (χ3v) is 8.26. The highest BCUT2D eigenvalue weighted by atomic mass is 16.6. The summed E-state index contributed by atoms with van der Waals surface area (Å²) in [6.07, 6.45) is 7.27. The van der Waals surface area contributed by atoms with E-state index in [0.29, 0.717) is 19.5 Å². The second kappa shape index (κ2) is 13.5. The maximum Gasteiger partial charge on any atom is 0.410 e. The number of allylic oxidation sites excluding steroid dienone is 2. The second-order valence-electron chi connectivity index (χ2n) is 11.4. The van der Waals surface area contributed by atoms with Crippen molar-refractivity contribution in [1.29, 1.82) is 0 Å². The van der Waals surface area contributed by atoms with Crippen molar-refractivity contribution < 1.29 is 14.3 Å². The van der Waals surface area contributed by atoms with Crippen LogP contribution in [-0.2, 0) is 16.1 Å². The van der Waals surface area contributed by atoms with Crippen LogP contribution in [0.25, 0.3) is 11.3 Å². The van der Waals surface area contributed by atoms with Crippen molar-refractivity contribution in [2.45, 2.75) is 58.2 Å². The van der Waals surface area contributed by atoms with Gasteiger partial charge in [0, 0.05) is 30.7 Å². The van der Waals surface area contributed by atoms with Crippen LogP contribution in [0.4, 0.5) is 4.79 Å². The van der Waals surface area contributed by atoms with E-state index in [1.807, 2.05) is 59.5 Å². The molecule has 0 saturated carbocycles. The van der Waals surface area contributed by atoms with Crippen LogP contribution in [0.2, 0.25) is 0 Å². The van der Waals surface area contributed by atoms with E-state index in [9.17, 15) is 9.59 Å². The van der Waals surface area contributed by atoms with Crippen LogP contribution in [0.1, 0.15) is 56.2 Å². The van der Waals surface area contributed by atoms with Crippen molar-refractivity contribution >= 4 is 23.1 Å². The Balaban J connectivity index is 1.21. The molecule has 0 aliphatic carbocycles. The van der Waals surface area contributed by atoms with E-state index in [2.05, 4.69) is 67.3 Å². The number of nitrogens with zero attached hydrogens (tertiary/aromatic N) is 2. The van der Waals surface area contributed by atoms with Gasteiger partial charge in [-0.25, -0.2) is 4.79 Å². The first kappa shape index (κ1) is 28.4. The van der Waals surface area contributed by atoms with Gasteiger partial charge in [-0.05, 0) is 67.4 Å². The Labute approximate surface area is 244 Å². The fourth-order valence-corrected chi connectivity index (χ4v) is 6.16. The van der Waals surface area contributed by atoms with Crippen LogP contribution in [0, 0.1) is 5.92 Å². The van der Waals surface area contributed by atoms with Crippen LogP contribution in [0.5, 0.6) is 0 Å². The minimum Gasteiger partial charge on any atom is -0.445 e. The van der Waals surface area contributed by atoms with Gasteiger partial charge in [0.05, 0.1) is 6.54 Å². The lowest BCUT2D eigenvalue weighted by Gasteiger charge is -2.32. The molecule has 0 N–H and O–H groups in total. The van der Waals surface area contributed by atoms with Crippen molar-refractivity contribution in [3.8, 4) is 0 Å². The number of carbonyl (C=O) groups is 2. The lowest BCUT2D eigenvalue weighted by molar-refractivity contribution is -0.120. The van der Waals surface area contributed by atoms with Gasteiger partial charge in [-0.15, -0.1) is 0 Å². The molecular formula is C36H40N2O3. The number of ether oxygens (including phenoxy) is 1. The van der Waals surface area contributed by atoms with E-state index in [4.69, 9.17) is 4.74 Å². The molecule has 0 spiro atoms. The molecule has 0 radical (unpaired) electrons. The smallest absolute Gasteiger partial charge is 0.410 e. The van der Waals surface area contributed by atoms with Crippen LogP contribution < -0.4 is 0 Å². The lowest BCUT2D eigenvalue weighted by atomic mass is 9.91. The summed E-state index contributed by atoms with van der Waals surface area (Å²) in [7, 11) is 0. The van der Waals surface area contributed by atoms with Gasteiger partial charge in [-0.1, -0.05) is 97.1 Å². The molecule has 1 amide bonds. The van der Waals surface area contributed by atoms with Gasteiger partial charge in [0.1, 0.15) is 6.61 Å². The minimum absolute atomic E-state index is 0.0136. The highest BCUT2D eigenvalue weighted by molar-refractivity contribution is 5.88. The van der Waals surface area contributed by atoms with Crippen molar-refractivity contribution in [3.63, 3.8) is 0 Å². The predicted molar refractivity (Wildman–Crippen MR) is 165 cm³/mol. The Morgan fingerprint density at radius 3 is 2.12 bits per heavy atom. The third-order valence-electron chi connectivity index (χ3n) is 8.26. The molecule has 3 aromatic carbocycles. The average Bonchev–Trinajstić information content (AvgIpc) is 3.14. The molecular weight excluding hydrogens is 508 g/mol. The molecule has 5 rings (SSSR count). The summed E-state index contributed by atoms with van der Waals surface area (Å²) in [4.78, 5) is 30.6. The average molecular weight is 549 g/mol. The van der Waals surface area contributed by atoms with Crippen molar-refractivity contribution in [1.82, 2.24) is 9.80 Å². The van der Waals surface area contributed by atoms with E-state index in [0.717, 1.165) is 36.1 Å². The molecule has 0 aromatic heterocycles. The van der Waals surface area contributed by atoms with Gasteiger partial charge in [-0.3, -0.25) is 4.79 Å². The van der Waals surface area contributed by atoms with Crippen LogP contribution in [0.15, 0.2) is 103 Å². The second-order valence-corrected chi connectivity index (χ2v) is 11.4. The molecule has 2 aliphatic heterocycles. The molecule has 5 nitrogen and oxygen atoms in total. The first-order valence-corrected chi connectivity index (χ1v) is 14.8. The number of likely N-dealkylation sites (tertiary alicyclic amines) is 1. The monoisotopic (exact) mass is 548 g/mol. The summed E-state index contributed by atoms with van der Waals surface area (Å²) >= 11 is 0. The molecule has 1 fully saturated rings. The molecule has 212 valence electrons. The third kappa shape index (κ3) is 7.35. The Morgan fingerprint density at radius 2 is 1.44 bits per heavy atom. The van der Waals surface area contributed by atoms with Gasteiger partial charge >= 0.3 is 6.09 Å². The number of amides is 1. The summed E-state index contributed by atoms with van der Waals surface area (Å²) in [5.74, 6) is 0.490. The van der Waals surface area contributed by atoms with E-state index >= 15 is 0 Å². The molecule has 3 unspecified atom stereocenters. The zero-order chi connectivity index (χ0) is 28.6. The number of ketones is 1. The number of Topliss-reactive ketones (excluding diaryl/α,β-unsaturated/α-hetero) is 1. The topological polar surface area (TPSA) is 49.9 Å². The van der Waals surface area contributed by atoms with Crippen molar-refractivity contribution in [2.24, 2.45) is 5.92 Å². The maximum absolute atomic E-state index is 13.5. The molecule has 2 aliphatic rings. The number of benzene rings is 3. The Hall–Kier alpha value is -4.12. The Bertz CT molecular complexity index is 1370. The van der Waals surface area contributed by atoms with Gasteiger partial charge in [0.15, 0.2) is 5.78 Å². The minimum atomic E-state index is -0.271. The van der Waals surface area contributed by atoms with Crippen molar-refractivity contribution in [2.75, 3.05) is 13.1 Å². The SMILES string of the molecule is CC1CCC(CC(=O)CN2CC=C(c3ccccc3)C=C2c2ccccc2)CC(C)N1C(=O)OCc1ccccc1. The van der Waals surface area contributed by atoms with Crippen LogP contribution in [0.3, 0.4) is 0 Å². The Kier molecular flexibility index (Phi) is 9.35. The summed E-state index contributed by atoms with van der Waals surface area (Å²) in [5.41, 5.74) is 5.53.